The third kappa shape index (κ3) is 4.35. The minimum Gasteiger partial charge on any atom is -0.371 e. The van der Waals surface area contributed by atoms with Crippen LogP contribution in [0.1, 0.15) is 33.4 Å². The Morgan fingerprint density at radius 3 is 2.85 bits per heavy atom. The van der Waals surface area contributed by atoms with Crippen molar-refractivity contribution in [2.24, 2.45) is 0 Å². The van der Waals surface area contributed by atoms with E-state index in [0.29, 0.717) is 35.7 Å². The Labute approximate surface area is 156 Å². The standard InChI is InChI=1S/C18H17FN4O2.ClH/c1-11-12(9-20)2-5-16(22-11)18(24)23-13-3-4-14(15(19)8-13)17-10-21-6-7-25-17;/h2-5,8,17,21H,6-7,10H2,1H3,(H,23,24);1H/t17-;/m1./s1. The lowest BCUT2D eigenvalue weighted by molar-refractivity contribution is 0.0255. The molecule has 2 N–H and O–H groups in total. The number of carbonyl (C=O) groups is 1. The van der Waals surface area contributed by atoms with Crippen LogP contribution >= 0.6 is 12.4 Å². The zero-order valence-electron chi connectivity index (χ0n) is 14.1. The quantitative estimate of drug-likeness (QED) is 0.860. The Bertz CT molecular complexity index is 848. The molecule has 26 heavy (non-hydrogen) atoms. The number of halogens is 2. The third-order valence-electron chi connectivity index (χ3n) is 3.97. The van der Waals surface area contributed by atoms with Crippen molar-refractivity contribution in [1.82, 2.24) is 10.3 Å². The summed E-state index contributed by atoms with van der Waals surface area (Å²) in [7, 11) is 0. The lowest BCUT2D eigenvalue weighted by Gasteiger charge is -2.24. The van der Waals surface area contributed by atoms with Crippen LogP contribution in [0.25, 0.3) is 0 Å². The fourth-order valence-electron chi connectivity index (χ4n) is 2.63. The Hall–Kier alpha value is -2.53. The highest BCUT2D eigenvalue weighted by Gasteiger charge is 2.20. The maximum absolute atomic E-state index is 14.3. The summed E-state index contributed by atoms with van der Waals surface area (Å²) in [6.45, 7) is 3.49. The first-order chi connectivity index (χ1) is 12.1. The normalized spacial score (nSPS) is 16.3. The summed E-state index contributed by atoms with van der Waals surface area (Å²) >= 11 is 0. The summed E-state index contributed by atoms with van der Waals surface area (Å²) in [5, 5.41) is 14.7. The second-order valence-corrected chi connectivity index (χ2v) is 5.70. The van der Waals surface area contributed by atoms with Crippen molar-refractivity contribution in [1.29, 1.82) is 5.26 Å². The Morgan fingerprint density at radius 2 is 2.23 bits per heavy atom. The van der Waals surface area contributed by atoms with E-state index in [4.69, 9.17) is 10.00 Å². The molecule has 1 aliphatic heterocycles. The number of hydrogen-bond donors (Lipinski definition) is 2. The summed E-state index contributed by atoms with van der Waals surface area (Å²) < 4.78 is 19.9. The number of nitrogens with one attached hydrogen (secondary N) is 2. The van der Waals surface area contributed by atoms with Gasteiger partial charge in [0.05, 0.1) is 24.0 Å². The number of rotatable bonds is 3. The van der Waals surface area contributed by atoms with Crippen LogP contribution in [-0.2, 0) is 4.74 Å². The van der Waals surface area contributed by atoms with Gasteiger partial charge in [-0.1, -0.05) is 6.07 Å². The van der Waals surface area contributed by atoms with E-state index in [2.05, 4.69) is 15.6 Å². The molecule has 1 saturated heterocycles. The first-order valence-electron chi connectivity index (χ1n) is 7.89. The molecule has 0 bridgehead atoms. The van der Waals surface area contributed by atoms with Crippen molar-refractivity contribution in [2.45, 2.75) is 13.0 Å². The molecule has 1 aliphatic rings. The molecular weight excluding hydrogens is 359 g/mol. The summed E-state index contributed by atoms with van der Waals surface area (Å²) in [6.07, 6.45) is -0.332. The molecule has 2 aromatic rings. The number of nitrogens with zero attached hydrogens (tertiary/aromatic N) is 2. The number of anilines is 1. The predicted octanol–water partition coefficient (Wildman–Crippen LogP) is 2.74. The Morgan fingerprint density at radius 1 is 1.42 bits per heavy atom. The third-order valence-corrected chi connectivity index (χ3v) is 3.97. The number of morpholine rings is 1. The van der Waals surface area contributed by atoms with E-state index in [-0.39, 0.29) is 24.2 Å². The number of aromatic nitrogens is 1. The molecule has 1 fully saturated rings. The fraction of sp³-hybridized carbons (Fsp3) is 0.278. The van der Waals surface area contributed by atoms with Crippen LogP contribution in [0.15, 0.2) is 30.3 Å². The Kier molecular flexibility index (Phi) is 6.64. The van der Waals surface area contributed by atoms with Crippen molar-refractivity contribution < 1.29 is 13.9 Å². The van der Waals surface area contributed by atoms with Crippen LogP contribution in [0.3, 0.4) is 0 Å². The van der Waals surface area contributed by atoms with E-state index >= 15 is 0 Å². The molecular formula is C18H18ClFN4O2. The summed E-state index contributed by atoms with van der Waals surface area (Å²) in [5.41, 5.74) is 1.84. The zero-order chi connectivity index (χ0) is 17.8. The van der Waals surface area contributed by atoms with E-state index in [0.717, 1.165) is 6.54 Å². The second-order valence-electron chi connectivity index (χ2n) is 5.70. The number of hydrogen-bond acceptors (Lipinski definition) is 5. The molecule has 1 atom stereocenters. The molecule has 1 aromatic carbocycles. The van der Waals surface area contributed by atoms with Crippen molar-refractivity contribution in [2.75, 3.05) is 25.0 Å². The molecule has 1 amide bonds. The molecule has 8 heteroatoms. The van der Waals surface area contributed by atoms with Gasteiger partial charge in [0, 0.05) is 24.3 Å². The van der Waals surface area contributed by atoms with Gasteiger partial charge in [-0.15, -0.1) is 12.4 Å². The number of pyridine rings is 1. The number of carbonyl (C=O) groups excluding carboxylic acids is 1. The predicted molar refractivity (Wildman–Crippen MR) is 96.9 cm³/mol. The van der Waals surface area contributed by atoms with Crippen LogP contribution < -0.4 is 10.6 Å². The lowest BCUT2D eigenvalue weighted by atomic mass is 10.1. The van der Waals surface area contributed by atoms with E-state index in [1.165, 1.54) is 18.2 Å². The molecule has 0 unspecified atom stereocenters. The number of nitriles is 1. The highest BCUT2D eigenvalue weighted by molar-refractivity contribution is 6.02. The number of ether oxygens (including phenoxy) is 1. The summed E-state index contributed by atoms with van der Waals surface area (Å²) in [5.74, 6) is -0.897. The molecule has 2 heterocycles. The number of amides is 1. The molecule has 0 aliphatic carbocycles. The summed E-state index contributed by atoms with van der Waals surface area (Å²) in [4.78, 5) is 16.3. The van der Waals surface area contributed by atoms with Crippen molar-refractivity contribution in [3.8, 4) is 6.07 Å². The fourth-order valence-corrected chi connectivity index (χ4v) is 2.63. The number of benzene rings is 1. The molecule has 136 valence electrons. The van der Waals surface area contributed by atoms with Gasteiger partial charge in [0.25, 0.3) is 5.91 Å². The van der Waals surface area contributed by atoms with Crippen molar-refractivity contribution >= 4 is 24.0 Å². The largest absolute Gasteiger partial charge is 0.371 e. The van der Waals surface area contributed by atoms with Gasteiger partial charge in [0.2, 0.25) is 0 Å². The average molecular weight is 377 g/mol. The molecule has 0 radical (unpaired) electrons. The molecule has 0 saturated carbocycles. The first kappa shape index (κ1) is 19.8. The molecule has 0 spiro atoms. The summed E-state index contributed by atoms with van der Waals surface area (Å²) in [6, 6.07) is 9.50. The maximum Gasteiger partial charge on any atom is 0.274 e. The van der Waals surface area contributed by atoms with Gasteiger partial charge in [-0.3, -0.25) is 4.79 Å². The van der Waals surface area contributed by atoms with Gasteiger partial charge >= 0.3 is 0 Å². The van der Waals surface area contributed by atoms with Gasteiger partial charge in [-0.25, -0.2) is 9.37 Å². The van der Waals surface area contributed by atoms with Crippen molar-refractivity contribution in [3.63, 3.8) is 0 Å². The van der Waals surface area contributed by atoms with Crippen LogP contribution in [0.5, 0.6) is 0 Å². The lowest BCUT2D eigenvalue weighted by Crippen LogP contribution is -2.33. The van der Waals surface area contributed by atoms with Crippen molar-refractivity contribution in [3.05, 3.63) is 58.7 Å². The van der Waals surface area contributed by atoms with Gasteiger partial charge in [-0.05, 0) is 31.2 Å². The second kappa shape index (κ2) is 8.72. The minimum absolute atomic E-state index is 0. The molecule has 6 nitrogen and oxygen atoms in total. The monoisotopic (exact) mass is 376 g/mol. The molecule has 3 rings (SSSR count). The maximum atomic E-state index is 14.3. The van der Waals surface area contributed by atoms with Gasteiger partial charge in [0.1, 0.15) is 17.6 Å². The average Bonchev–Trinajstić information content (AvgIpc) is 2.62. The van der Waals surface area contributed by atoms with Gasteiger partial charge in [-0.2, -0.15) is 5.26 Å². The Balaban J connectivity index is 0.00000243. The minimum atomic E-state index is -0.463. The van der Waals surface area contributed by atoms with Crippen LogP contribution in [0, 0.1) is 24.1 Å². The van der Waals surface area contributed by atoms with E-state index in [9.17, 15) is 9.18 Å². The zero-order valence-corrected chi connectivity index (χ0v) is 14.9. The van der Waals surface area contributed by atoms with Crippen LogP contribution in [-0.4, -0.2) is 30.6 Å². The highest BCUT2D eigenvalue weighted by atomic mass is 35.5. The van der Waals surface area contributed by atoms with Crippen LogP contribution in [0.4, 0.5) is 10.1 Å². The topological polar surface area (TPSA) is 87.0 Å². The van der Waals surface area contributed by atoms with Crippen LogP contribution in [0.2, 0.25) is 0 Å². The highest BCUT2D eigenvalue weighted by Crippen LogP contribution is 2.24. The first-order valence-corrected chi connectivity index (χ1v) is 7.89. The number of aryl methyl sites for hydroxylation is 1. The van der Waals surface area contributed by atoms with E-state index in [1.807, 2.05) is 6.07 Å². The van der Waals surface area contributed by atoms with E-state index in [1.54, 1.807) is 19.1 Å². The SMILES string of the molecule is Cc1nc(C(=O)Nc2ccc([C@H]3CNCCO3)c(F)c2)ccc1C#N.Cl. The molecule has 1 aromatic heterocycles. The van der Waals surface area contributed by atoms with Gasteiger partial charge < -0.3 is 15.4 Å². The van der Waals surface area contributed by atoms with E-state index < -0.39 is 11.7 Å². The smallest absolute Gasteiger partial charge is 0.274 e. The van der Waals surface area contributed by atoms with Gasteiger partial charge in [0.15, 0.2) is 0 Å².